The fourth-order valence-corrected chi connectivity index (χ4v) is 6.35. The van der Waals surface area contributed by atoms with E-state index in [2.05, 4.69) is 15.5 Å². The topological polar surface area (TPSA) is 105 Å². The first-order valence-electron chi connectivity index (χ1n) is 9.37. The maximum Gasteiger partial charge on any atom is 0.248 e. The number of aryl methyl sites for hydroxylation is 3. The normalized spacial score (nSPS) is 16.4. The van der Waals surface area contributed by atoms with Crippen molar-refractivity contribution in [2.45, 2.75) is 38.5 Å². The van der Waals surface area contributed by atoms with Gasteiger partial charge in [-0.2, -0.15) is 4.31 Å². The van der Waals surface area contributed by atoms with Gasteiger partial charge in [0.2, 0.25) is 15.9 Å². The molecule has 3 aromatic rings. The zero-order chi connectivity index (χ0) is 20.8. The number of fused-ring (bicyclic) bond motifs is 1. The van der Waals surface area contributed by atoms with Crippen LogP contribution in [0.1, 0.15) is 29.9 Å². The monoisotopic (exact) mass is 434 g/mol. The van der Waals surface area contributed by atoms with Crippen LogP contribution in [0, 0.1) is 26.7 Å². The largest absolute Gasteiger partial charge is 0.360 e. The van der Waals surface area contributed by atoms with Crippen molar-refractivity contribution in [3.63, 3.8) is 0 Å². The summed E-state index contributed by atoms with van der Waals surface area (Å²) in [6.07, 6.45) is 0.914. The number of rotatable bonds is 4. The van der Waals surface area contributed by atoms with Crippen LogP contribution in [-0.4, -0.2) is 41.9 Å². The molecule has 4 rings (SSSR count). The summed E-state index contributed by atoms with van der Waals surface area (Å²) < 4.78 is 33.2. The van der Waals surface area contributed by atoms with Crippen molar-refractivity contribution >= 4 is 42.6 Å². The second-order valence-electron chi connectivity index (χ2n) is 7.31. The number of hydrogen-bond donors (Lipinski definition) is 1. The quantitative estimate of drug-likeness (QED) is 0.676. The molecule has 0 bridgehead atoms. The molecule has 2 aromatic heterocycles. The highest BCUT2D eigenvalue weighted by Gasteiger charge is 2.35. The molecule has 0 atom stereocenters. The highest BCUT2D eigenvalue weighted by atomic mass is 32.2. The number of carbonyl (C=O) groups excluding carboxylic acids is 1. The van der Waals surface area contributed by atoms with Crippen molar-refractivity contribution in [2.75, 3.05) is 18.4 Å². The minimum absolute atomic E-state index is 0.116. The van der Waals surface area contributed by atoms with Gasteiger partial charge in [0.15, 0.2) is 10.9 Å². The summed E-state index contributed by atoms with van der Waals surface area (Å²) in [4.78, 5) is 17.3. The number of hydrogen-bond acceptors (Lipinski definition) is 7. The van der Waals surface area contributed by atoms with E-state index >= 15 is 0 Å². The summed E-state index contributed by atoms with van der Waals surface area (Å²) in [6, 6.07) is 5.97. The predicted octanol–water partition coefficient (Wildman–Crippen LogP) is 3.25. The van der Waals surface area contributed by atoms with E-state index in [0.29, 0.717) is 23.7 Å². The molecule has 1 fully saturated rings. The van der Waals surface area contributed by atoms with Crippen molar-refractivity contribution in [3.05, 3.63) is 35.2 Å². The molecule has 0 unspecified atom stereocenters. The van der Waals surface area contributed by atoms with Gasteiger partial charge in [0, 0.05) is 19.0 Å². The van der Waals surface area contributed by atoms with Gasteiger partial charge in [-0.1, -0.05) is 22.6 Å². The second kappa shape index (κ2) is 7.51. The molecule has 0 spiro atoms. The van der Waals surface area contributed by atoms with Gasteiger partial charge in [-0.25, -0.2) is 13.4 Å². The third-order valence-electron chi connectivity index (χ3n) is 5.16. The molecule has 154 valence electrons. The van der Waals surface area contributed by atoms with E-state index in [4.69, 9.17) is 4.52 Å². The van der Waals surface area contributed by atoms with E-state index in [9.17, 15) is 13.2 Å². The maximum absolute atomic E-state index is 12.9. The third-order valence-corrected chi connectivity index (χ3v) is 8.24. The second-order valence-corrected chi connectivity index (χ2v) is 10.2. The molecule has 10 heteroatoms. The molecule has 0 aliphatic carbocycles. The highest BCUT2D eigenvalue weighted by Crippen LogP contribution is 2.30. The number of sulfonamides is 1. The number of nitrogens with one attached hydrogen (secondary N) is 1. The molecular weight excluding hydrogens is 412 g/mol. The average molecular weight is 435 g/mol. The van der Waals surface area contributed by atoms with Gasteiger partial charge in [0.25, 0.3) is 0 Å². The van der Waals surface area contributed by atoms with Crippen LogP contribution in [0.3, 0.4) is 0 Å². The molecule has 1 aliphatic rings. The van der Waals surface area contributed by atoms with Gasteiger partial charge in [-0.15, -0.1) is 0 Å². The first kappa shape index (κ1) is 20.0. The summed E-state index contributed by atoms with van der Waals surface area (Å²) in [5.41, 5.74) is 2.36. The summed E-state index contributed by atoms with van der Waals surface area (Å²) in [6.45, 7) is 5.78. The molecule has 1 N–H and O–H groups in total. The SMILES string of the molecule is Cc1ccc2nc(NC(=O)C3CCN(S(=O)(=O)c4c(C)noc4C)CC3)sc2c1. The van der Waals surface area contributed by atoms with Crippen LogP contribution in [0.2, 0.25) is 0 Å². The number of thiazole rings is 1. The van der Waals surface area contributed by atoms with Crippen LogP contribution in [0.15, 0.2) is 27.6 Å². The van der Waals surface area contributed by atoms with E-state index in [-0.39, 0.29) is 35.6 Å². The smallest absolute Gasteiger partial charge is 0.248 e. The van der Waals surface area contributed by atoms with E-state index in [1.54, 1.807) is 13.8 Å². The Morgan fingerprint density at radius 3 is 2.62 bits per heavy atom. The third kappa shape index (κ3) is 3.79. The molecule has 29 heavy (non-hydrogen) atoms. The lowest BCUT2D eigenvalue weighted by molar-refractivity contribution is -0.120. The lowest BCUT2D eigenvalue weighted by Gasteiger charge is -2.30. The van der Waals surface area contributed by atoms with Gasteiger partial charge in [0.1, 0.15) is 10.6 Å². The minimum Gasteiger partial charge on any atom is -0.360 e. The number of carbonyl (C=O) groups is 1. The summed E-state index contributed by atoms with van der Waals surface area (Å²) in [7, 11) is -3.67. The number of piperidine rings is 1. The molecule has 1 saturated heterocycles. The van der Waals surface area contributed by atoms with Gasteiger partial charge >= 0.3 is 0 Å². The molecule has 0 saturated carbocycles. The molecular formula is C19H22N4O4S2. The first-order valence-corrected chi connectivity index (χ1v) is 11.6. The Labute approximate surface area is 173 Å². The summed E-state index contributed by atoms with van der Waals surface area (Å²) in [5, 5.41) is 7.21. The minimum atomic E-state index is -3.67. The number of anilines is 1. The van der Waals surface area contributed by atoms with Crippen LogP contribution in [0.4, 0.5) is 5.13 Å². The van der Waals surface area contributed by atoms with Crippen molar-refractivity contribution in [1.29, 1.82) is 0 Å². The fourth-order valence-electron chi connectivity index (χ4n) is 3.62. The van der Waals surface area contributed by atoms with E-state index < -0.39 is 10.0 Å². The maximum atomic E-state index is 12.9. The zero-order valence-corrected chi connectivity index (χ0v) is 18.1. The van der Waals surface area contributed by atoms with Crippen LogP contribution in [-0.2, 0) is 14.8 Å². The van der Waals surface area contributed by atoms with E-state index in [0.717, 1.165) is 15.8 Å². The molecule has 3 heterocycles. The Hall–Kier alpha value is -2.30. The lowest BCUT2D eigenvalue weighted by Crippen LogP contribution is -2.41. The van der Waals surface area contributed by atoms with Crippen molar-refractivity contribution < 1.29 is 17.7 Å². The number of nitrogens with zero attached hydrogens (tertiary/aromatic N) is 3. The molecule has 1 amide bonds. The fraction of sp³-hybridized carbons (Fsp3) is 0.421. The Morgan fingerprint density at radius 1 is 1.24 bits per heavy atom. The summed E-state index contributed by atoms with van der Waals surface area (Å²) >= 11 is 1.44. The Kier molecular flexibility index (Phi) is 5.18. The first-order chi connectivity index (χ1) is 13.8. The Balaban J connectivity index is 1.41. The van der Waals surface area contributed by atoms with Crippen LogP contribution in [0.25, 0.3) is 10.2 Å². The number of benzene rings is 1. The van der Waals surface area contributed by atoms with E-state index in [1.807, 2.05) is 25.1 Å². The van der Waals surface area contributed by atoms with Crippen LogP contribution >= 0.6 is 11.3 Å². The van der Waals surface area contributed by atoms with Crippen LogP contribution < -0.4 is 5.32 Å². The Bertz CT molecular complexity index is 1150. The van der Waals surface area contributed by atoms with Crippen molar-refractivity contribution in [3.8, 4) is 0 Å². The van der Waals surface area contributed by atoms with Gasteiger partial charge in [0.05, 0.1) is 10.2 Å². The standard InChI is InChI=1S/C19H22N4O4S2/c1-11-4-5-15-16(10-11)28-19(20-15)21-18(24)14-6-8-23(9-7-14)29(25,26)17-12(2)22-27-13(17)3/h4-5,10,14H,6-9H2,1-3H3,(H,20,21,24). The average Bonchev–Trinajstić information content (AvgIpc) is 3.23. The Morgan fingerprint density at radius 2 is 1.97 bits per heavy atom. The predicted molar refractivity (Wildman–Crippen MR) is 110 cm³/mol. The van der Waals surface area contributed by atoms with Gasteiger partial charge in [-0.05, 0) is 51.3 Å². The van der Waals surface area contributed by atoms with Gasteiger partial charge in [-0.3, -0.25) is 4.79 Å². The number of aromatic nitrogens is 2. The summed E-state index contributed by atoms with van der Waals surface area (Å²) in [5.74, 6) is -0.0801. The van der Waals surface area contributed by atoms with E-state index in [1.165, 1.54) is 15.6 Å². The molecule has 1 aromatic carbocycles. The van der Waals surface area contributed by atoms with Crippen LogP contribution in [0.5, 0.6) is 0 Å². The zero-order valence-electron chi connectivity index (χ0n) is 16.4. The molecule has 0 radical (unpaired) electrons. The molecule has 1 aliphatic heterocycles. The number of amides is 1. The lowest BCUT2D eigenvalue weighted by atomic mass is 9.97. The van der Waals surface area contributed by atoms with Gasteiger partial charge < -0.3 is 9.84 Å². The van der Waals surface area contributed by atoms with Crippen molar-refractivity contribution in [2.24, 2.45) is 5.92 Å². The highest BCUT2D eigenvalue weighted by molar-refractivity contribution is 7.89. The van der Waals surface area contributed by atoms with Crippen molar-refractivity contribution in [1.82, 2.24) is 14.4 Å². The molecule has 8 nitrogen and oxygen atoms in total.